The van der Waals surface area contributed by atoms with E-state index in [1.807, 2.05) is 18.2 Å². The molecule has 2 aliphatic heterocycles. The number of carbonyl (C=O) groups excluding carboxylic acids is 1. The minimum absolute atomic E-state index is 0.0752. The molecule has 2 saturated heterocycles. The third-order valence-corrected chi connectivity index (χ3v) is 9.14. The van der Waals surface area contributed by atoms with Crippen LogP contribution >= 0.6 is 11.3 Å². The van der Waals surface area contributed by atoms with E-state index >= 15 is 0 Å². The van der Waals surface area contributed by atoms with Gasteiger partial charge in [-0.2, -0.15) is 4.31 Å². The highest BCUT2D eigenvalue weighted by molar-refractivity contribution is 7.89. The molecule has 1 amide bonds. The number of anilines is 1. The van der Waals surface area contributed by atoms with Crippen molar-refractivity contribution < 1.29 is 27.4 Å². The minimum Gasteiger partial charge on any atom is -0.494 e. The number of benzene rings is 2. The smallest absolute Gasteiger partial charge is 0.260 e. The van der Waals surface area contributed by atoms with Gasteiger partial charge in [0.05, 0.1) is 42.6 Å². The van der Waals surface area contributed by atoms with E-state index in [0.717, 1.165) is 17.5 Å². The van der Waals surface area contributed by atoms with Gasteiger partial charge in [-0.25, -0.2) is 13.4 Å². The molecular weight excluding hydrogens is 490 g/mol. The Morgan fingerprint density at radius 3 is 2.63 bits per heavy atom. The van der Waals surface area contributed by atoms with Crippen LogP contribution in [-0.2, 0) is 19.5 Å². The Hall–Kier alpha value is -2.57. The second-order valence-electron chi connectivity index (χ2n) is 8.40. The SMILES string of the molecule is COc1cccc2sc(N(CC3CCCO3)C(=O)c3ccc(S(=O)(=O)N4CCOCC4)cc3)nc12. The molecule has 1 atom stereocenters. The molecule has 0 bridgehead atoms. The first-order valence-electron chi connectivity index (χ1n) is 11.5. The molecule has 11 heteroatoms. The highest BCUT2D eigenvalue weighted by Crippen LogP contribution is 2.35. The van der Waals surface area contributed by atoms with Gasteiger partial charge >= 0.3 is 0 Å². The molecule has 2 aromatic carbocycles. The van der Waals surface area contributed by atoms with Crippen LogP contribution in [0.15, 0.2) is 47.4 Å². The maximum absolute atomic E-state index is 13.7. The fourth-order valence-electron chi connectivity index (χ4n) is 4.29. The van der Waals surface area contributed by atoms with Crippen LogP contribution in [0.1, 0.15) is 23.2 Å². The lowest BCUT2D eigenvalue weighted by Gasteiger charge is -2.26. The Morgan fingerprint density at radius 2 is 1.94 bits per heavy atom. The summed E-state index contributed by atoms with van der Waals surface area (Å²) < 4.78 is 44.7. The molecule has 1 unspecified atom stereocenters. The molecule has 0 radical (unpaired) electrons. The Balaban J connectivity index is 1.44. The summed E-state index contributed by atoms with van der Waals surface area (Å²) in [6.07, 6.45) is 1.75. The standard InChI is InChI=1S/C24H27N3O6S2/c1-31-20-5-2-6-21-22(20)25-24(34-21)27(16-18-4-3-13-33-18)23(28)17-7-9-19(10-8-17)35(29,30)26-11-14-32-15-12-26/h2,5-10,18H,3-4,11-16H2,1H3. The predicted octanol–water partition coefficient (Wildman–Crippen LogP) is 3.15. The number of ether oxygens (including phenoxy) is 3. The molecule has 0 saturated carbocycles. The molecular formula is C24H27N3O6S2. The van der Waals surface area contributed by atoms with Gasteiger partial charge in [0, 0.05) is 25.3 Å². The summed E-state index contributed by atoms with van der Waals surface area (Å²) in [5, 5.41) is 0.551. The monoisotopic (exact) mass is 517 g/mol. The molecule has 2 aliphatic rings. The quantitative estimate of drug-likeness (QED) is 0.475. The highest BCUT2D eigenvalue weighted by atomic mass is 32.2. The summed E-state index contributed by atoms with van der Waals surface area (Å²) in [4.78, 5) is 20.2. The number of amides is 1. The van der Waals surface area contributed by atoms with E-state index in [9.17, 15) is 13.2 Å². The second kappa shape index (κ2) is 10.2. The topological polar surface area (TPSA) is 98.3 Å². The second-order valence-corrected chi connectivity index (χ2v) is 11.3. The van der Waals surface area contributed by atoms with Crippen LogP contribution in [0, 0.1) is 0 Å². The number of thiazole rings is 1. The number of para-hydroxylation sites is 1. The van der Waals surface area contributed by atoms with Crippen LogP contribution in [0.3, 0.4) is 0 Å². The van der Waals surface area contributed by atoms with E-state index in [2.05, 4.69) is 0 Å². The number of nitrogens with zero attached hydrogens (tertiary/aromatic N) is 3. The Labute approximate surface area is 208 Å². The number of fused-ring (bicyclic) bond motifs is 1. The summed E-state index contributed by atoms with van der Waals surface area (Å²) >= 11 is 1.41. The Morgan fingerprint density at radius 1 is 1.17 bits per heavy atom. The molecule has 0 N–H and O–H groups in total. The first-order valence-corrected chi connectivity index (χ1v) is 13.8. The Kier molecular flexibility index (Phi) is 7.03. The zero-order valence-corrected chi connectivity index (χ0v) is 21.0. The van der Waals surface area contributed by atoms with E-state index in [1.165, 1.54) is 27.8 Å². The van der Waals surface area contributed by atoms with Crippen molar-refractivity contribution in [1.29, 1.82) is 0 Å². The lowest BCUT2D eigenvalue weighted by atomic mass is 10.2. The van der Waals surface area contributed by atoms with Gasteiger partial charge < -0.3 is 14.2 Å². The maximum atomic E-state index is 13.7. The zero-order chi connectivity index (χ0) is 24.4. The van der Waals surface area contributed by atoms with Crippen molar-refractivity contribution in [3.63, 3.8) is 0 Å². The number of aromatic nitrogens is 1. The maximum Gasteiger partial charge on any atom is 0.260 e. The average molecular weight is 518 g/mol. The predicted molar refractivity (Wildman–Crippen MR) is 133 cm³/mol. The van der Waals surface area contributed by atoms with Gasteiger partial charge in [0.2, 0.25) is 10.0 Å². The highest BCUT2D eigenvalue weighted by Gasteiger charge is 2.29. The van der Waals surface area contributed by atoms with Crippen LogP contribution < -0.4 is 9.64 Å². The van der Waals surface area contributed by atoms with E-state index in [4.69, 9.17) is 19.2 Å². The summed E-state index contributed by atoms with van der Waals surface area (Å²) in [5.41, 5.74) is 1.09. The van der Waals surface area contributed by atoms with E-state index in [1.54, 1.807) is 24.1 Å². The van der Waals surface area contributed by atoms with Gasteiger partial charge in [0.25, 0.3) is 5.91 Å². The van der Waals surface area contributed by atoms with Gasteiger partial charge in [0.1, 0.15) is 11.3 Å². The molecule has 1 aromatic heterocycles. The Bertz CT molecular complexity index is 1300. The van der Waals surface area contributed by atoms with E-state index in [0.29, 0.717) is 61.4 Å². The van der Waals surface area contributed by atoms with Crippen molar-refractivity contribution in [1.82, 2.24) is 9.29 Å². The first-order chi connectivity index (χ1) is 17.0. The van der Waals surface area contributed by atoms with Gasteiger partial charge in [-0.05, 0) is 49.2 Å². The number of hydrogen-bond donors (Lipinski definition) is 0. The summed E-state index contributed by atoms with van der Waals surface area (Å²) in [7, 11) is -2.04. The summed E-state index contributed by atoms with van der Waals surface area (Å²) in [6.45, 7) is 2.43. The van der Waals surface area contributed by atoms with Crippen LogP contribution in [0.4, 0.5) is 5.13 Å². The fraction of sp³-hybridized carbons (Fsp3) is 0.417. The first kappa shape index (κ1) is 24.1. The zero-order valence-electron chi connectivity index (χ0n) is 19.4. The van der Waals surface area contributed by atoms with E-state index < -0.39 is 10.0 Å². The van der Waals surface area contributed by atoms with Crippen LogP contribution in [0.25, 0.3) is 10.2 Å². The molecule has 3 heterocycles. The largest absolute Gasteiger partial charge is 0.494 e. The van der Waals surface area contributed by atoms with Crippen molar-refractivity contribution >= 4 is 42.6 Å². The summed E-state index contributed by atoms with van der Waals surface area (Å²) in [5.74, 6) is 0.390. The van der Waals surface area contributed by atoms with Crippen LogP contribution in [-0.4, -0.2) is 76.3 Å². The number of sulfonamides is 1. The molecule has 35 heavy (non-hydrogen) atoms. The third kappa shape index (κ3) is 4.91. The van der Waals surface area contributed by atoms with Crippen molar-refractivity contribution in [2.45, 2.75) is 23.8 Å². The lowest BCUT2D eigenvalue weighted by Crippen LogP contribution is -2.40. The van der Waals surface area contributed by atoms with Crippen molar-refractivity contribution in [2.24, 2.45) is 0 Å². The normalized spacial score (nSPS) is 19.2. The molecule has 186 valence electrons. The average Bonchev–Trinajstić information content (AvgIpc) is 3.57. The summed E-state index contributed by atoms with van der Waals surface area (Å²) in [6, 6.07) is 11.8. The number of morpholine rings is 1. The lowest BCUT2D eigenvalue weighted by molar-refractivity contribution is 0.0730. The number of methoxy groups -OCH3 is 1. The van der Waals surface area contributed by atoms with Crippen molar-refractivity contribution in [3.8, 4) is 5.75 Å². The van der Waals surface area contributed by atoms with Crippen molar-refractivity contribution in [3.05, 3.63) is 48.0 Å². The number of carbonyl (C=O) groups is 1. The molecule has 5 rings (SSSR count). The molecule has 0 aliphatic carbocycles. The molecule has 0 spiro atoms. The molecule has 3 aromatic rings. The number of rotatable bonds is 7. The van der Waals surface area contributed by atoms with Gasteiger partial charge in [-0.1, -0.05) is 17.4 Å². The fourth-order valence-corrected chi connectivity index (χ4v) is 6.69. The third-order valence-electron chi connectivity index (χ3n) is 6.19. The van der Waals surface area contributed by atoms with E-state index in [-0.39, 0.29) is 16.9 Å². The van der Waals surface area contributed by atoms with Gasteiger partial charge in [0.15, 0.2) is 5.13 Å². The number of hydrogen-bond acceptors (Lipinski definition) is 8. The van der Waals surface area contributed by atoms with Crippen LogP contribution in [0.5, 0.6) is 5.75 Å². The van der Waals surface area contributed by atoms with Gasteiger partial charge in [-0.3, -0.25) is 9.69 Å². The molecule has 9 nitrogen and oxygen atoms in total. The van der Waals surface area contributed by atoms with Gasteiger partial charge in [-0.15, -0.1) is 0 Å². The van der Waals surface area contributed by atoms with Crippen molar-refractivity contribution in [2.75, 3.05) is 51.5 Å². The van der Waals surface area contributed by atoms with Crippen LogP contribution in [0.2, 0.25) is 0 Å². The molecule has 2 fully saturated rings. The minimum atomic E-state index is -3.64.